The Bertz CT molecular complexity index is 354. The first-order chi connectivity index (χ1) is 6.06. The van der Waals surface area contributed by atoms with Crippen LogP contribution in [0.5, 0.6) is 0 Å². The zero-order valence-corrected chi connectivity index (χ0v) is 7.64. The lowest BCUT2D eigenvalue weighted by Crippen LogP contribution is -1.96. The molecule has 0 atom stereocenters. The third-order valence-corrected chi connectivity index (χ3v) is 2.08. The molecule has 0 aliphatic rings. The van der Waals surface area contributed by atoms with Crippen LogP contribution < -0.4 is 0 Å². The average molecular weight is 204 g/mol. The van der Waals surface area contributed by atoms with Crippen molar-refractivity contribution in [1.82, 2.24) is 0 Å². The maximum absolute atomic E-state index is 12.8. The lowest BCUT2D eigenvalue weighted by atomic mass is 10.1. The van der Waals surface area contributed by atoms with Crippen LogP contribution in [-0.2, 0) is 5.88 Å². The number of nitrogens with zero attached hydrogens (tertiary/aromatic N) is 1. The van der Waals surface area contributed by atoms with Crippen LogP contribution in [0.25, 0.3) is 0 Å². The lowest BCUT2D eigenvalue weighted by Gasteiger charge is -2.02. The second kappa shape index (κ2) is 3.70. The van der Waals surface area contributed by atoms with Crippen molar-refractivity contribution in [2.45, 2.75) is 12.8 Å². The minimum absolute atomic E-state index is 0.0738. The summed E-state index contributed by atoms with van der Waals surface area (Å²) in [6, 6.07) is 2.10. The Labute approximate surface area is 79.3 Å². The summed E-state index contributed by atoms with van der Waals surface area (Å²) in [7, 11) is 0. The van der Waals surface area contributed by atoms with Crippen molar-refractivity contribution >= 4 is 17.3 Å². The van der Waals surface area contributed by atoms with Gasteiger partial charge >= 0.3 is 0 Å². The van der Waals surface area contributed by atoms with Gasteiger partial charge in [0.05, 0.1) is 11.0 Å². The molecule has 0 saturated heterocycles. The van der Waals surface area contributed by atoms with E-state index in [1.165, 1.54) is 6.07 Å². The summed E-state index contributed by atoms with van der Waals surface area (Å²) in [6.45, 7) is 1.55. The van der Waals surface area contributed by atoms with E-state index in [1.807, 2.05) is 0 Å². The van der Waals surface area contributed by atoms with Gasteiger partial charge in [-0.05, 0) is 18.6 Å². The zero-order chi connectivity index (χ0) is 10.0. The maximum atomic E-state index is 12.8. The molecular formula is C8H7ClFNO2. The van der Waals surface area contributed by atoms with Crippen molar-refractivity contribution in [1.29, 1.82) is 0 Å². The van der Waals surface area contributed by atoms with Crippen molar-refractivity contribution in [2.75, 3.05) is 0 Å². The zero-order valence-electron chi connectivity index (χ0n) is 6.88. The van der Waals surface area contributed by atoms with Crippen molar-refractivity contribution in [3.05, 3.63) is 39.2 Å². The predicted octanol–water partition coefficient (Wildman–Crippen LogP) is 2.78. The second-order valence-electron chi connectivity index (χ2n) is 2.60. The number of hydrogen-bond acceptors (Lipinski definition) is 2. The van der Waals surface area contributed by atoms with E-state index in [2.05, 4.69) is 0 Å². The van der Waals surface area contributed by atoms with E-state index in [0.717, 1.165) is 6.07 Å². The van der Waals surface area contributed by atoms with Crippen molar-refractivity contribution in [2.24, 2.45) is 0 Å². The van der Waals surface area contributed by atoms with E-state index in [4.69, 9.17) is 11.6 Å². The monoisotopic (exact) mass is 203 g/mol. The molecule has 1 rings (SSSR count). The second-order valence-corrected chi connectivity index (χ2v) is 2.87. The summed E-state index contributed by atoms with van der Waals surface area (Å²) in [6.07, 6.45) is 0. The normalized spacial score (nSPS) is 10.1. The number of nitro benzene ring substituents is 1. The Morgan fingerprint density at radius 2 is 2.23 bits per heavy atom. The van der Waals surface area contributed by atoms with E-state index < -0.39 is 10.7 Å². The van der Waals surface area contributed by atoms with Gasteiger partial charge in [-0.2, -0.15) is 0 Å². The Morgan fingerprint density at radius 3 is 2.69 bits per heavy atom. The SMILES string of the molecule is Cc1c(CCl)cc(F)cc1[N+](=O)[O-]. The van der Waals surface area contributed by atoms with Gasteiger partial charge < -0.3 is 0 Å². The minimum Gasteiger partial charge on any atom is -0.258 e. The molecule has 0 bridgehead atoms. The van der Waals surface area contributed by atoms with Gasteiger partial charge in [0.2, 0.25) is 0 Å². The Hall–Kier alpha value is -1.16. The number of rotatable bonds is 2. The van der Waals surface area contributed by atoms with Crippen LogP contribution >= 0.6 is 11.6 Å². The van der Waals surface area contributed by atoms with Gasteiger partial charge in [0.1, 0.15) is 5.82 Å². The molecular weight excluding hydrogens is 197 g/mol. The van der Waals surface area contributed by atoms with Crippen LogP contribution in [0.2, 0.25) is 0 Å². The van der Waals surface area contributed by atoms with E-state index in [1.54, 1.807) is 6.92 Å². The molecule has 0 heterocycles. The average Bonchev–Trinajstić information content (AvgIpc) is 2.08. The Balaban J connectivity index is 3.35. The van der Waals surface area contributed by atoms with Gasteiger partial charge in [-0.3, -0.25) is 10.1 Å². The van der Waals surface area contributed by atoms with Gasteiger partial charge in [-0.1, -0.05) is 0 Å². The van der Waals surface area contributed by atoms with Crippen LogP contribution in [-0.4, -0.2) is 4.92 Å². The molecule has 70 valence electrons. The fourth-order valence-corrected chi connectivity index (χ4v) is 1.33. The summed E-state index contributed by atoms with van der Waals surface area (Å²) in [5, 5.41) is 10.4. The quantitative estimate of drug-likeness (QED) is 0.421. The van der Waals surface area contributed by atoms with Crippen LogP contribution in [0, 0.1) is 22.9 Å². The smallest absolute Gasteiger partial charge is 0.258 e. The highest BCUT2D eigenvalue weighted by atomic mass is 35.5. The summed E-state index contributed by atoms with van der Waals surface area (Å²) in [4.78, 5) is 9.82. The fraction of sp³-hybridized carbons (Fsp3) is 0.250. The van der Waals surface area contributed by atoms with Crippen LogP contribution in [0.3, 0.4) is 0 Å². The maximum Gasteiger partial charge on any atom is 0.275 e. The number of hydrogen-bond donors (Lipinski definition) is 0. The molecule has 0 saturated carbocycles. The number of alkyl halides is 1. The first-order valence-electron chi connectivity index (χ1n) is 3.55. The molecule has 0 aliphatic heterocycles. The first-order valence-corrected chi connectivity index (χ1v) is 4.09. The van der Waals surface area contributed by atoms with Crippen LogP contribution in [0.15, 0.2) is 12.1 Å². The molecule has 0 unspecified atom stereocenters. The van der Waals surface area contributed by atoms with Crippen LogP contribution in [0.4, 0.5) is 10.1 Å². The highest BCUT2D eigenvalue weighted by Crippen LogP contribution is 2.24. The van der Waals surface area contributed by atoms with E-state index >= 15 is 0 Å². The molecule has 5 heteroatoms. The van der Waals surface area contributed by atoms with Gasteiger partial charge in [0.15, 0.2) is 0 Å². The van der Waals surface area contributed by atoms with Gasteiger partial charge in [0.25, 0.3) is 5.69 Å². The van der Waals surface area contributed by atoms with Gasteiger partial charge in [-0.15, -0.1) is 11.6 Å². The lowest BCUT2D eigenvalue weighted by molar-refractivity contribution is -0.385. The minimum atomic E-state index is -0.632. The molecule has 0 aromatic heterocycles. The summed E-state index contributed by atoms with van der Waals surface area (Å²) in [5.41, 5.74) is 0.644. The molecule has 0 aliphatic carbocycles. The number of benzene rings is 1. The topological polar surface area (TPSA) is 43.1 Å². The highest BCUT2D eigenvalue weighted by molar-refractivity contribution is 6.17. The molecule has 3 nitrogen and oxygen atoms in total. The third kappa shape index (κ3) is 1.95. The van der Waals surface area contributed by atoms with Gasteiger partial charge in [-0.25, -0.2) is 4.39 Å². The largest absolute Gasteiger partial charge is 0.275 e. The standard InChI is InChI=1S/C8H7ClFNO2/c1-5-6(4-9)2-7(10)3-8(5)11(12)13/h2-3H,4H2,1H3. The highest BCUT2D eigenvalue weighted by Gasteiger charge is 2.15. The summed E-state index contributed by atoms with van der Waals surface area (Å²) < 4.78 is 12.8. The predicted molar refractivity (Wildman–Crippen MR) is 47.3 cm³/mol. The van der Waals surface area contributed by atoms with Gasteiger partial charge in [0, 0.05) is 11.4 Å². The van der Waals surface area contributed by atoms with Crippen LogP contribution in [0.1, 0.15) is 11.1 Å². The Morgan fingerprint density at radius 1 is 1.62 bits per heavy atom. The molecule has 0 radical (unpaired) electrons. The summed E-state index contributed by atoms with van der Waals surface area (Å²) >= 11 is 5.49. The summed E-state index contributed by atoms with van der Waals surface area (Å²) in [5.74, 6) is -0.558. The molecule has 1 aromatic rings. The molecule has 0 N–H and O–H groups in total. The van der Waals surface area contributed by atoms with E-state index in [0.29, 0.717) is 11.1 Å². The molecule has 1 aromatic carbocycles. The molecule has 0 fully saturated rings. The molecule has 13 heavy (non-hydrogen) atoms. The van der Waals surface area contributed by atoms with E-state index in [-0.39, 0.29) is 11.6 Å². The number of nitro groups is 1. The number of halogens is 2. The fourth-order valence-electron chi connectivity index (χ4n) is 1.05. The molecule has 0 amide bonds. The molecule has 0 spiro atoms. The van der Waals surface area contributed by atoms with Crippen molar-refractivity contribution in [3.8, 4) is 0 Å². The van der Waals surface area contributed by atoms with Crippen molar-refractivity contribution < 1.29 is 9.31 Å². The first kappa shape index (κ1) is 9.92. The third-order valence-electron chi connectivity index (χ3n) is 1.79. The van der Waals surface area contributed by atoms with E-state index in [9.17, 15) is 14.5 Å². The Kier molecular flexibility index (Phi) is 2.83. The van der Waals surface area contributed by atoms with Crippen molar-refractivity contribution in [3.63, 3.8) is 0 Å².